The van der Waals surface area contributed by atoms with Crippen molar-refractivity contribution in [2.24, 2.45) is 7.05 Å². The summed E-state index contributed by atoms with van der Waals surface area (Å²) in [5.74, 6) is 0. The molecule has 6 nitrogen and oxygen atoms in total. The molecule has 1 heterocycles. The molecule has 1 rings (SSSR count). The first-order valence-corrected chi connectivity index (χ1v) is 6.59. The second kappa shape index (κ2) is 6.09. The van der Waals surface area contributed by atoms with Crippen molar-refractivity contribution in [1.29, 1.82) is 0 Å². The van der Waals surface area contributed by atoms with Crippen LogP contribution in [0.25, 0.3) is 0 Å². The van der Waals surface area contributed by atoms with Crippen LogP contribution in [0.5, 0.6) is 0 Å². The topological polar surface area (TPSA) is 74.6 Å². The summed E-state index contributed by atoms with van der Waals surface area (Å²) in [5, 5.41) is 12.6. The number of aryl methyl sites for hydroxylation is 2. The maximum absolute atomic E-state index is 12.2. The van der Waals surface area contributed by atoms with Crippen molar-refractivity contribution in [2.75, 3.05) is 18.4 Å². The van der Waals surface area contributed by atoms with Crippen molar-refractivity contribution in [3.05, 3.63) is 28.2 Å². The van der Waals surface area contributed by atoms with E-state index in [-0.39, 0.29) is 18.1 Å². The van der Waals surface area contributed by atoms with E-state index in [0.717, 1.165) is 0 Å². The molecule has 0 bridgehead atoms. The number of nitrogens with one attached hydrogen (secondary N) is 1. The molecule has 0 aromatic carbocycles. The van der Waals surface area contributed by atoms with E-state index >= 15 is 0 Å². The zero-order valence-electron chi connectivity index (χ0n) is 12.7. The predicted octanol–water partition coefficient (Wildman–Crippen LogP) is 1.32. The molecule has 0 spiro atoms. The maximum Gasteiger partial charge on any atom is 0.321 e. The van der Waals surface area contributed by atoms with Crippen LogP contribution in [0.15, 0.2) is 17.1 Å². The van der Waals surface area contributed by atoms with E-state index in [1.165, 1.54) is 15.5 Å². The number of pyridine rings is 1. The number of anilines is 1. The molecule has 0 atom stereocenters. The van der Waals surface area contributed by atoms with Crippen LogP contribution < -0.4 is 10.9 Å². The van der Waals surface area contributed by atoms with E-state index in [2.05, 4.69) is 5.32 Å². The molecule has 6 heteroatoms. The maximum atomic E-state index is 12.2. The van der Waals surface area contributed by atoms with E-state index in [1.807, 2.05) is 6.92 Å². The average molecular weight is 281 g/mol. The largest absolute Gasteiger partial charge is 0.389 e. The van der Waals surface area contributed by atoms with Crippen molar-refractivity contribution >= 4 is 11.7 Å². The van der Waals surface area contributed by atoms with Gasteiger partial charge in [-0.1, -0.05) is 0 Å². The lowest BCUT2D eigenvalue weighted by Gasteiger charge is -2.28. The Balaban J connectivity index is 2.89. The van der Waals surface area contributed by atoms with Gasteiger partial charge in [-0.25, -0.2) is 4.79 Å². The van der Waals surface area contributed by atoms with Gasteiger partial charge in [-0.15, -0.1) is 0 Å². The van der Waals surface area contributed by atoms with Gasteiger partial charge in [0.2, 0.25) is 0 Å². The molecule has 0 fully saturated rings. The molecular weight excluding hydrogens is 258 g/mol. The van der Waals surface area contributed by atoms with Crippen molar-refractivity contribution in [1.82, 2.24) is 9.47 Å². The molecule has 0 radical (unpaired) electrons. The fourth-order valence-electron chi connectivity index (χ4n) is 1.84. The van der Waals surface area contributed by atoms with Gasteiger partial charge in [0.15, 0.2) is 0 Å². The Labute approximate surface area is 119 Å². The lowest BCUT2D eigenvalue weighted by Crippen LogP contribution is -2.44. The molecule has 112 valence electrons. The fourth-order valence-corrected chi connectivity index (χ4v) is 1.84. The number of hydrogen-bond donors (Lipinski definition) is 2. The molecule has 2 amide bonds. The molecule has 0 aliphatic rings. The van der Waals surface area contributed by atoms with Gasteiger partial charge < -0.3 is 19.9 Å². The number of urea groups is 1. The molecule has 20 heavy (non-hydrogen) atoms. The van der Waals surface area contributed by atoms with Gasteiger partial charge >= 0.3 is 6.03 Å². The van der Waals surface area contributed by atoms with Crippen LogP contribution in [-0.4, -0.2) is 39.3 Å². The molecule has 0 unspecified atom stereocenters. The normalized spacial score (nSPS) is 11.3. The van der Waals surface area contributed by atoms with Crippen molar-refractivity contribution in [3.8, 4) is 0 Å². The van der Waals surface area contributed by atoms with Gasteiger partial charge in [0.05, 0.1) is 17.8 Å². The van der Waals surface area contributed by atoms with Gasteiger partial charge in [-0.2, -0.15) is 0 Å². The van der Waals surface area contributed by atoms with Crippen LogP contribution in [-0.2, 0) is 7.05 Å². The SMILES string of the molecule is CCN(CC(C)(C)O)C(=O)Nc1cn(C)c(=O)cc1C. The quantitative estimate of drug-likeness (QED) is 0.874. The van der Waals surface area contributed by atoms with E-state index in [1.54, 1.807) is 34.0 Å². The highest BCUT2D eigenvalue weighted by Gasteiger charge is 2.21. The van der Waals surface area contributed by atoms with E-state index in [4.69, 9.17) is 0 Å². The second-order valence-electron chi connectivity index (χ2n) is 5.58. The van der Waals surface area contributed by atoms with Crippen molar-refractivity contribution in [2.45, 2.75) is 33.3 Å². The summed E-state index contributed by atoms with van der Waals surface area (Å²) in [6.45, 7) is 7.64. The van der Waals surface area contributed by atoms with E-state index < -0.39 is 5.60 Å². The lowest BCUT2D eigenvalue weighted by atomic mass is 10.1. The highest BCUT2D eigenvalue weighted by atomic mass is 16.3. The van der Waals surface area contributed by atoms with Gasteiger partial charge in [-0.3, -0.25) is 4.79 Å². The summed E-state index contributed by atoms with van der Waals surface area (Å²) in [5.41, 5.74) is 0.225. The number of aliphatic hydroxyl groups is 1. The van der Waals surface area contributed by atoms with Gasteiger partial charge in [-0.05, 0) is 33.3 Å². The zero-order chi connectivity index (χ0) is 15.5. The Kier molecular flexibility index (Phi) is 4.94. The minimum absolute atomic E-state index is 0.121. The number of carbonyl (C=O) groups is 1. The summed E-state index contributed by atoms with van der Waals surface area (Å²) in [7, 11) is 1.63. The molecule has 0 saturated carbocycles. The summed E-state index contributed by atoms with van der Waals surface area (Å²) < 4.78 is 1.41. The number of likely N-dealkylation sites (N-methyl/N-ethyl adjacent to an activating group) is 1. The van der Waals surface area contributed by atoms with Crippen molar-refractivity contribution < 1.29 is 9.90 Å². The standard InChI is InChI=1S/C14H23N3O3/c1-6-17(9-14(3,4)20)13(19)15-11-8-16(5)12(18)7-10(11)2/h7-8,20H,6,9H2,1-5H3,(H,15,19). The minimum Gasteiger partial charge on any atom is -0.389 e. The van der Waals surface area contributed by atoms with Crippen LogP contribution in [0.1, 0.15) is 26.3 Å². The third kappa shape index (κ3) is 4.38. The van der Waals surface area contributed by atoms with E-state index in [0.29, 0.717) is 17.8 Å². The molecule has 2 N–H and O–H groups in total. The van der Waals surface area contributed by atoms with Crippen LogP contribution in [0.3, 0.4) is 0 Å². The van der Waals surface area contributed by atoms with E-state index in [9.17, 15) is 14.7 Å². The van der Waals surface area contributed by atoms with Crippen LogP contribution in [0, 0.1) is 6.92 Å². The first-order chi connectivity index (χ1) is 9.14. The fraction of sp³-hybridized carbons (Fsp3) is 0.571. The summed E-state index contributed by atoms with van der Waals surface area (Å²) in [4.78, 5) is 25.2. The van der Waals surface area contributed by atoms with Crippen LogP contribution in [0.4, 0.5) is 10.5 Å². The van der Waals surface area contributed by atoms with Crippen molar-refractivity contribution in [3.63, 3.8) is 0 Å². The Morgan fingerprint density at radius 2 is 2.10 bits per heavy atom. The Bertz CT molecular complexity index is 544. The zero-order valence-corrected chi connectivity index (χ0v) is 12.7. The summed E-state index contributed by atoms with van der Waals surface area (Å²) in [6.07, 6.45) is 1.59. The molecule has 0 aliphatic carbocycles. The number of nitrogens with zero attached hydrogens (tertiary/aromatic N) is 2. The lowest BCUT2D eigenvalue weighted by molar-refractivity contribution is 0.0501. The Hall–Kier alpha value is -1.82. The summed E-state index contributed by atoms with van der Waals surface area (Å²) in [6, 6.07) is 1.18. The summed E-state index contributed by atoms with van der Waals surface area (Å²) >= 11 is 0. The number of carbonyl (C=O) groups excluding carboxylic acids is 1. The number of rotatable bonds is 4. The third-order valence-corrected chi connectivity index (χ3v) is 2.92. The number of amides is 2. The second-order valence-corrected chi connectivity index (χ2v) is 5.58. The molecule has 0 saturated heterocycles. The third-order valence-electron chi connectivity index (χ3n) is 2.92. The molecular formula is C14H23N3O3. The van der Waals surface area contributed by atoms with Gasteiger partial charge in [0, 0.05) is 25.9 Å². The Morgan fingerprint density at radius 3 is 2.60 bits per heavy atom. The highest BCUT2D eigenvalue weighted by molar-refractivity contribution is 5.89. The number of hydrogen-bond acceptors (Lipinski definition) is 3. The highest BCUT2D eigenvalue weighted by Crippen LogP contribution is 2.13. The first-order valence-electron chi connectivity index (χ1n) is 6.59. The molecule has 0 aliphatic heterocycles. The van der Waals surface area contributed by atoms with Gasteiger partial charge in [0.25, 0.3) is 5.56 Å². The average Bonchev–Trinajstić information content (AvgIpc) is 2.31. The molecule has 1 aromatic heterocycles. The first kappa shape index (κ1) is 16.2. The molecule has 1 aromatic rings. The predicted molar refractivity (Wildman–Crippen MR) is 79.0 cm³/mol. The Morgan fingerprint density at radius 1 is 1.50 bits per heavy atom. The smallest absolute Gasteiger partial charge is 0.321 e. The number of aromatic nitrogens is 1. The van der Waals surface area contributed by atoms with Gasteiger partial charge in [0.1, 0.15) is 0 Å². The van der Waals surface area contributed by atoms with Crippen LogP contribution >= 0.6 is 0 Å². The minimum atomic E-state index is -0.952. The monoisotopic (exact) mass is 281 g/mol. The van der Waals surface area contributed by atoms with Crippen LogP contribution in [0.2, 0.25) is 0 Å².